The Labute approximate surface area is 84.9 Å². The molecule has 0 N–H and O–H groups in total. The Kier molecular flexibility index (Phi) is 2.36. The molecule has 70 valence electrons. The molecule has 0 saturated heterocycles. The summed E-state index contributed by atoms with van der Waals surface area (Å²) in [4.78, 5) is 0. The Morgan fingerprint density at radius 2 is 1.71 bits per heavy atom. The van der Waals surface area contributed by atoms with Gasteiger partial charge in [-0.2, -0.15) is 0 Å². The first kappa shape index (κ1) is 9.01. The quantitative estimate of drug-likeness (QED) is 0.618. The first-order valence-electron chi connectivity index (χ1n) is 4.93. The third-order valence-corrected chi connectivity index (χ3v) is 2.64. The average Bonchev–Trinajstić information content (AvgIpc) is 2.27. The molecule has 0 saturated carbocycles. The van der Waals surface area contributed by atoms with E-state index >= 15 is 0 Å². The first-order valence-corrected chi connectivity index (χ1v) is 4.93. The van der Waals surface area contributed by atoms with Gasteiger partial charge in [0, 0.05) is 0 Å². The number of fused-ring (bicyclic) bond motifs is 1. The topological polar surface area (TPSA) is 0 Å². The summed E-state index contributed by atoms with van der Waals surface area (Å²) in [6.07, 6.45) is 2.14. The third-order valence-electron chi connectivity index (χ3n) is 2.64. The van der Waals surface area contributed by atoms with Crippen LogP contribution in [0.2, 0.25) is 0 Å². The maximum Gasteiger partial charge on any atom is -0.0178 e. The summed E-state index contributed by atoms with van der Waals surface area (Å²) in [5, 5.41) is 2.62. The minimum absolute atomic E-state index is 1.31. The molecule has 0 atom stereocenters. The maximum atomic E-state index is 2.24. The van der Waals surface area contributed by atoms with Crippen LogP contribution in [0, 0.1) is 0 Å². The van der Waals surface area contributed by atoms with Gasteiger partial charge in [-0.05, 0) is 41.8 Å². The second-order valence-electron chi connectivity index (χ2n) is 3.53. The number of allylic oxidation sites excluding steroid dienone is 2. The van der Waals surface area contributed by atoms with Crippen LogP contribution in [0.25, 0.3) is 16.3 Å². The van der Waals surface area contributed by atoms with E-state index in [1.165, 1.54) is 21.9 Å². The molecular formula is C14H14. The van der Waals surface area contributed by atoms with E-state index in [2.05, 4.69) is 62.4 Å². The largest absolute Gasteiger partial charge is 0.0841 e. The average molecular weight is 182 g/mol. The normalized spacial score (nSPS) is 12.0. The van der Waals surface area contributed by atoms with Crippen molar-refractivity contribution >= 4 is 16.3 Å². The Morgan fingerprint density at radius 1 is 1.00 bits per heavy atom. The van der Waals surface area contributed by atoms with E-state index in [1.54, 1.807) is 0 Å². The van der Waals surface area contributed by atoms with Crippen LogP contribution < -0.4 is 0 Å². The van der Waals surface area contributed by atoms with Gasteiger partial charge in [0.05, 0.1) is 0 Å². The second kappa shape index (κ2) is 3.67. The van der Waals surface area contributed by atoms with Gasteiger partial charge in [0.2, 0.25) is 0 Å². The highest BCUT2D eigenvalue weighted by Gasteiger charge is 1.96. The Bertz CT molecular complexity index is 478. The van der Waals surface area contributed by atoms with Gasteiger partial charge >= 0.3 is 0 Å². The lowest BCUT2D eigenvalue weighted by Gasteiger charge is -2.03. The highest BCUT2D eigenvalue weighted by atomic mass is 14.0. The summed E-state index contributed by atoms with van der Waals surface area (Å²) >= 11 is 0. The van der Waals surface area contributed by atoms with Gasteiger partial charge in [-0.3, -0.25) is 0 Å². The van der Waals surface area contributed by atoms with Crippen molar-refractivity contribution in [1.82, 2.24) is 0 Å². The van der Waals surface area contributed by atoms with Crippen molar-refractivity contribution in [3.05, 3.63) is 54.1 Å². The van der Waals surface area contributed by atoms with E-state index in [0.717, 1.165) is 0 Å². The minimum atomic E-state index is 1.31. The van der Waals surface area contributed by atoms with Crippen LogP contribution in [0.4, 0.5) is 0 Å². The molecule has 0 heterocycles. The summed E-state index contributed by atoms with van der Waals surface area (Å²) in [5.41, 5.74) is 2.64. The Morgan fingerprint density at radius 3 is 2.43 bits per heavy atom. The van der Waals surface area contributed by atoms with Gasteiger partial charge in [0.1, 0.15) is 0 Å². The van der Waals surface area contributed by atoms with Crippen molar-refractivity contribution < 1.29 is 0 Å². The molecule has 0 radical (unpaired) electrons. The first-order chi connectivity index (χ1) is 6.81. The highest BCUT2D eigenvalue weighted by molar-refractivity contribution is 5.85. The van der Waals surface area contributed by atoms with E-state index in [-0.39, 0.29) is 0 Å². The van der Waals surface area contributed by atoms with Crippen LogP contribution >= 0.6 is 0 Å². The summed E-state index contributed by atoms with van der Waals surface area (Å²) in [6.45, 7) is 4.22. The predicted molar refractivity (Wildman–Crippen MR) is 63.3 cm³/mol. The smallest absolute Gasteiger partial charge is 0.0178 e. The number of rotatable bonds is 1. The van der Waals surface area contributed by atoms with Crippen LogP contribution in [-0.4, -0.2) is 0 Å². The molecule has 0 aliphatic carbocycles. The van der Waals surface area contributed by atoms with Crippen molar-refractivity contribution in [2.24, 2.45) is 0 Å². The van der Waals surface area contributed by atoms with E-state index < -0.39 is 0 Å². The molecule has 0 bridgehead atoms. The Balaban J connectivity index is 2.62. The van der Waals surface area contributed by atoms with Crippen LogP contribution in [-0.2, 0) is 0 Å². The number of benzene rings is 2. The van der Waals surface area contributed by atoms with Gasteiger partial charge in [-0.15, -0.1) is 0 Å². The zero-order valence-electron chi connectivity index (χ0n) is 8.62. The monoisotopic (exact) mass is 182 g/mol. The minimum Gasteiger partial charge on any atom is -0.0841 e. The maximum absolute atomic E-state index is 2.24. The lowest BCUT2D eigenvalue weighted by molar-refractivity contribution is 1.57. The molecule has 0 fully saturated rings. The molecule has 2 rings (SSSR count). The van der Waals surface area contributed by atoms with Crippen molar-refractivity contribution in [2.75, 3.05) is 0 Å². The standard InChI is InChI=1S/C14H14/c1-3-11(2)13-9-8-12-6-4-5-7-14(12)10-13/h3-10H,1-2H3/b11-3+. The van der Waals surface area contributed by atoms with Crippen LogP contribution in [0.1, 0.15) is 19.4 Å². The van der Waals surface area contributed by atoms with Gasteiger partial charge in [-0.1, -0.05) is 42.5 Å². The van der Waals surface area contributed by atoms with Gasteiger partial charge in [-0.25, -0.2) is 0 Å². The van der Waals surface area contributed by atoms with E-state index in [9.17, 15) is 0 Å². The van der Waals surface area contributed by atoms with Crippen LogP contribution in [0.3, 0.4) is 0 Å². The van der Waals surface area contributed by atoms with Gasteiger partial charge < -0.3 is 0 Å². The van der Waals surface area contributed by atoms with Crippen LogP contribution in [0.5, 0.6) is 0 Å². The fraction of sp³-hybridized carbons (Fsp3) is 0.143. The van der Waals surface area contributed by atoms with Crippen molar-refractivity contribution in [3.63, 3.8) is 0 Å². The molecule has 2 aromatic carbocycles. The third kappa shape index (κ3) is 1.56. The lowest BCUT2D eigenvalue weighted by Crippen LogP contribution is -1.79. The molecule has 0 heteroatoms. The zero-order valence-corrected chi connectivity index (χ0v) is 8.62. The molecule has 0 aliphatic rings. The molecule has 0 aliphatic heterocycles. The van der Waals surface area contributed by atoms with Gasteiger partial charge in [0.15, 0.2) is 0 Å². The molecule has 0 aromatic heterocycles. The SMILES string of the molecule is C/C=C(\C)c1ccc2ccccc2c1. The summed E-state index contributed by atoms with van der Waals surface area (Å²) < 4.78 is 0. The summed E-state index contributed by atoms with van der Waals surface area (Å²) in [7, 11) is 0. The highest BCUT2D eigenvalue weighted by Crippen LogP contribution is 2.20. The summed E-state index contributed by atoms with van der Waals surface area (Å²) in [6, 6.07) is 15.0. The number of hydrogen-bond donors (Lipinski definition) is 0. The lowest BCUT2D eigenvalue weighted by atomic mass is 10.0. The Hall–Kier alpha value is -1.56. The van der Waals surface area contributed by atoms with E-state index in [1.807, 2.05) is 0 Å². The zero-order chi connectivity index (χ0) is 9.97. The van der Waals surface area contributed by atoms with Crippen LogP contribution in [0.15, 0.2) is 48.5 Å². The fourth-order valence-electron chi connectivity index (χ4n) is 1.60. The van der Waals surface area contributed by atoms with Crippen molar-refractivity contribution in [3.8, 4) is 0 Å². The van der Waals surface area contributed by atoms with E-state index in [4.69, 9.17) is 0 Å². The fourth-order valence-corrected chi connectivity index (χ4v) is 1.60. The van der Waals surface area contributed by atoms with Crippen molar-refractivity contribution in [2.45, 2.75) is 13.8 Å². The molecule has 0 amide bonds. The predicted octanol–water partition coefficient (Wildman–Crippen LogP) is 4.26. The molecule has 0 nitrogen and oxygen atoms in total. The number of hydrogen-bond acceptors (Lipinski definition) is 0. The molecule has 2 aromatic rings. The molecule has 14 heavy (non-hydrogen) atoms. The molecule has 0 spiro atoms. The van der Waals surface area contributed by atoms with Gasteiger partial charge in [0.25, 0.3) is 0 Å². The second-order valence-corrected chi connectivity index (χ2v) is 3.53. The summed E-state index contributed by atoms with van der Waals surface area (Å²) in [5.74, 6) is 0. The molecular weight excluding hydrogens is 168 g/mol. The van der Waals surface area contributed by atoms with E-state index in [0.29, 0.717) is 0 Å². The van der Waals surface area contributed by atoms with Crippen molar-refractivity contribution in [1.29, 1.82) is 0 Å². The molecule has 0 unspecified atom stereocenters.